The molecule has 2 unspecified atom stereocenters. The molecular formula is C18H32ClNO2. The predicted octanol–water partition coefficient (Wildman–Crippen LogP) is 4.47. The van der Waals surface area contributed by atoms with E-state index in [0.29, 0.717) is 12.1 Å². The van der Waals surface area contributed by atoms with E-state index < -0.39 is 0 Å². The van der Waals surface area contributed by atoms with Crippen molar-refractivity contribution in [2.24, 2.45) is 5.92 Å². The van der Waals surface area contributed by atoms with Gasteiger partial charge in [-0.15, -0.1) is 12.4 Å². The molecular weight excluding hydrogens is 298 g/mol. The molecule has 3 nitrogen and oxygen atoms in total. The third-order valence-corrected chi connectivity index (χ3v) is 3.74. The Bertz CT molecular complexity index is 424. The maximum atomic E-state index is 5.36. The van der Waals surface area contributed by atoms with E-state index in [0.717, 1.165) is 23.8 Å². The van der Waals surface area contributed by atoms with Gasteiger partial charge in [-0.1, -0.05) is 19.9 Å². The van der Waals surface area contributed by atoms with Crippen LogP contribution in [-0.4, -0.2) is 26.3 Å². The van der Waals surface area contributed by atoms with Crippen LogP contribution in [0.5, 0.6) is 11.5 Å². The SMILES string of the molecule is COc1ccc(CC(C)NC(C)CCC(C)C)cc1OC.Cl. The van der Waals surface area contributed by atoms with Gasteiger partial charge in [0.15, 0.2) is 11.5 Å². The molecule has 0 aliphatic carbocycles. The second-order valence-electron chi connectivity index (χ2n) is 6.33. The number of nitrogens with one attached hydrogen (secondary N) is 1. The molecule has 0 aliphatic heterocycles. The average molecular weight is 330 g/mol. The number of methoxy groups -OCH3 is 2. The molecule has 0 amide bonds. The molecule has 0 aliphatic rings. The summed E-state index contributed by atoms with van der Waals surface area (Å²) in [5.74, 6) is 2.36. The van der Waals surface area contributed by atoms with Crippen molar-refractivity contribution in [1.82, 2.24) is 5.32 Å². The maximum absolute atomic E-state index is 5.36. The molecule has 0 fully saturated rings. The highest BCUT2D eigenvalue weighted by Gasteiger charge is 2.11. The highest BCUT2D eigenvalue weighted by Crippen LogP contribution is 2.28. The van der Waals surface area contributed by atoms with Gasteiger partial charge >= 0.3 is 0 Å². The Hall–Kier alpha value is -0.930. The van der Waals surface area contributed by atoms with Gasteiger partial charge in [-0.3, -0.25) is 0 Å². The molecule has 0 saturated heterocycles. The lowest BCUT2D eigenvalue weighted by Gasteiger charge is -2.21. The number of ether oxygens (including phenoxy) is 2. The van der Waals surface area contributed by atoms with Crippen LogP contribution in [0, 0.1) is 5.92 Å². The maximum Gasteiger partial charge on any atom is 0.160 e. The fourth-order valence-electron chi connectivity index (χ4n) is 2.57. The zero-order valence-corrected chi connectivity index (χ0v) is 15.6. The van der Waals surface area contributed by atoms with E-state index in [4.69, 9.17) is 9.47 Å². The minimum absolute atomic E-state index is 0. The van der Waals surface area contributed by atoms with Crippen molar-refractivity contribution in [2.45, 2.75) is 59.0 Å². The smallest absolute Gasteiger partial charge is 0.160 e. The summed E-state index contributed by atoms with van der Waals surface area (Å²) >= 11 is 0. The van der Waals surface area contributed by atoms with Crippen LogP contribution in [0.15, 0.2) is 18.2 Å². The van der Waals surface area contributed by atoms with Gasteiger partial charge in [0.2, 0.25) is 0 Å². The Morgan fingerprint density at radius 2 is 1.55 bits per heavy atom. The van der Waals surface area contributed by atoms with Gasteiger partial charge in [0.05, 0.1) is 14.2 Å². The van der Waals surface area contributed by atoms with Gasteiger partial charge < -0.3 is 14.8 Å². The van der Waals surface area contributed by atoms with Gasteiger partial charge in [0.25, 0.3) is 0 Å². The molecule has 1 rings (SSSR count). The number of benzene rings is 1. The molecule has 1 aromatic carbocycles. The lowest BCUT2D eigenvalue weighted by atomic mass is 10.0. The zero-order valence-electron chi connectivity index (χ0n) is 14.8. The summed E-state index contributed by atoms with van der Waals surface area (Å²) in [6.45, 7) is 9.07. The fourth-order valence-corrected chi connectivity index (χ4v) is 2.57. The number of rotatable bonds is 9. The fraction of sp³-hybridized carbons (Fsp3) is 0.667. The lowest BCUT2D eigenvalue weighted by Crippen LogP contribution is -2.36. The molecule has 1 aromatic rings. The van der Waals surface area contributed by atoms with Crippen LogP contribution < -0.4 is 14.8 Å². The minimum atomic E-state index is 0. The van der Waals surface area contributed by atoms with Crippen LogP contribution in [0.2, 0.25) is 0 Å². The summed E-state index contributed by atoms with van der Waals surface area (Å²) in [4.78, 5) is 0. The molecule has 4 heteroatoms. The largest absolute Gasteiger partial charge is 0.493 e. The Morgan fingerprint density at radius 3 is 2.09 bits per heavy atom. The first-order chi connectivity index (χ1) is 9.96. The first-order valence-electron chi connectivity index (χ1n) is 7.93. The first kappa shape index (κ1) is 21.1. The Morgan fingerprint density at radius 1 is 0.909 bits per heavy atom. The molecule has 0 saturated carbocycles. The van der Waals surface area contributed by atoms with Crippen molar-refractivity contribution < 1.29 is 9.47 Å². The molecule has 1 N–H and O–H groups in total. The third-order valence-electron chi connectivity index (χ3n) is 3.74. The van der Waals surface area contributed by atoms with Crippen LogP contribution in [0.1, 0.15) is 46.1 Å². The lowest BCUT2D eigenvalue weighted by molar-refractivity contribution is 0.354. The van der Waals surface area contributed by atoms with Crippen molar-refractivity contribution in [2.75, 3.05) is 14.2 Å². The van der Waals surface area contributed by atoms with E-state index in [1.165, 1.54) is 18.4 Å². The molecule has 0 heterocycles. The second-order valence-corrected chi connectivity index (χ2v) is 6.33. The first-order valence-corrected chi connectivity index (χ1v) is 7.93. The highest BCUT2D eigenvalue weighted by atomic mass is 35.5. The van der Waals surface area contributed by atoms with E-state index in [2.05, 4.69) is 45.1 Å². The number of halogens is 1. The van der Waals surface area contributed by atoms with Crippen LogP contribution in [0.3, 0.4) is 0 Å². The molecule has 22 heavy (non-hydrogen) atoms. The molecule has 0 aromatic heterocycles. The number of hydrogen-bond donors (Lipinski definition) is 1. The quantitative estimate of drug-likeness (QED) is 0.725. The Balaban J connectivity index is 0.00000441. The highest BCUT2D eigenvalue weighted by molar-refractivity contribution is 5.85. The molecule has 0 spiro atoms. The van der Waals surface area contributed by atoms with E-state index >= 15 is 0 Å². The van der Waals surface area contributed by atoms with Crippen molar-refractivity contribution in [1.29, 1.82) is 0 Å². The van der Waals surface area contributed by atoms with E-state index in [1.807, 2.05) is 6.07 Å². The van der Waals surface area contributed by atoms with Gasteiger partial charge in [-0.2, -0.15) is 0 Å². The monoisotopic (exact) mass is 329 g/mol. The molecule has 0 bridgehead atoms. The number of hydrogen-bond acceptors (Lipinski definition) is 3. The van der Waals surface area contributed by atoms with Gasteiger partial charge in [-0.25, -0.2) is 0 Å². The summed E-state index contributed by atoms with van der Waals surface area (Å²) in [6, 6.07) is 7.16. The minimum Gasteiger partial charge on any atom is -0.493 e. The third kappa shape index (κ3) is 7.37. The molecule has 0 radical (unpaired) electrons. The molecule has 128 valence electrons. The van der Waals surface area contributed by atoms with Gasteiger partial charge in [-0.05, 0) is 56.7 Å². The van der Waals surface area contributed by atoms with E-state index in [1.54, 1.807) is 14.2 Å². The Labute approximate surface area is 142 Å². The average Bonchev–Trinajstić information content (AvgIpc) is 2.44. The zero-order chi connectivity index (χ0) is 15.8. The summed E-state index contributed by atoms with van der Waals surface area (Å²) in [7, 11) is 3.34. The van der Waals surface area contributed by atoms with Crippen molar-refractivity contribution >= 4 is 12.4 Å². The summed E-state index contributed by atoms with van der Waals surface area (Å²) in [5.41, 5.74) is 1.27. The predicted molar refractivity (Wildman–Crippen MR) is 96.6 cm³/mol. The topological polar surface area (TPSA) is 30.5 Å². The normalized spacial score (nSPS) is 13.4. The van der Waals surface area contributed by atoms with Crippen molar-refractivity contribution in [3.05, 3.63) is 23.8 Å². The van der Waals surface area contributed by atoms with Gasteiger partial charge in [0, 0.05) is 12.1 Å². The summed E-state index contributed by atoms with van der Waals surface area (Å²) in [5, 5.41) is 3.68. The van der Waals surface area contributed by atoms with Crippen LogP contribution in [-0.2, 0) is 6.42 Å². The van der Waals surface area contributed by atoms with Crippen LogP contribution >= 0.6 is 12.4 Å². The Kier molecular flexibility index (Phi) is 10.3. The van der Waals surface area contributed by atoms with Crippen molar-refractivity contribution in [3.63, 3.8) is 0 Å². The summed E-state index contributed by atoms with van der Waals surface area (Å²) < 4.78 is 10.6. The molecule has 2 atom stereocenters. The second kappa shape index (κ2) is 10.7. The van der Waals surface area contributed by atoms with E-state index in [-0.39, 0.29) is 12.4 Å². The van der Waals surface area contributed by atoms with Crippen molar-refractivity contribution in [3.8, 4) is 11.5 Å². The van der Waals surface area contributed by atoms with E-state index in [9.17, 15) is 0 Å². The summed E-state index contributed by atoms with van der Waals surface area (Å²) in [6.07, 6.45) is 3.50. The standard InChI is InChI=1S/C18H31NO2.ClH/c1-13(2)7-8-14(3)19-15(4)11-16-9-10-17(20-5)18(12-16)21-6;/h9-10,12-15,19H,7-8,11H2,1-6H3;1H. The van der Waals surface area contributed by atoms with Crippen LogP contribution in [0.25, 0.3) is 0 Å². The van der Waals surface area contributed by atoms with Crippen LogP contribution in [0.4, 0.5) is 0 Å². The van der Waals surface area contributed by atoms with Gasteiger partial charge in [0.1, 0.15) is 0 Å².